The van der Waals surface area contributed by atoms with Crippen molar-refractivity contribution in [2.24, 2.45) is 11.7 Å². The number of rotatable bonds is 6. The quantitative estimate of drug-likeness (QED) is 0.428. The van der Waals surface area contributed by atoms with E-state index in [1.807, 2.05) is 13.8 Å². The molecule has 1 amide bonds. The van der Waals surface area contributed by atoms with Gasteiger partial charge in [0.2, 0.25) is 5.91 Å². The third kappa shape index (κ3) is 5.06. The molecule has 1 aliphatic carbocycles. The maximum absolute atomic E-state index is 13.1. The van der Waals surface area contributed by atoms with E-state index in [9.17, 15) is 9.90 Å². The lowest BCUT2D eigenvalue weighted by atomic mass is 9.91. The summed E-state index contributed by atoms with van der Waals surface area (Å²) in [5.41, 5.74) is 15.8. The van der Waals surface area contributed by atoms with Crippen LogP contribution in [0.3, 0.4) is 0 Å². The van der Waals surface area contributed by atoms with Crippen LogP contribution in [0.25, 0.3) is 0 Å². The molecule has 2 atom stereocenters. The Morgan fingerprint density at radius 2 is 1.77 bits per heavy atom. The number of benzene rings is 3. The van der Waals surface area contributed by atoms with Gasteiger partial charge in [0.1, 0.15) is 5.75 Å². The summed E-state index contributed by atoms with van der Waals surface area (Å²) in [6.07, 6.45) is 4.60. The fraction of sp³-hybridized carbons (Fsp3) is 0.367. The van der Waals surface area contributed by atoms with Gasteiger partial charge in [-0.15, -0.1) is 0 Å². The van der Waals surface area contributed by atoms with Crippen molar-refractivity contribution in [2.45, 2.75) is 58.0 Å². The highest BCUT2D eigenvalue weighted by Gasteiger charge is 2.26. The standard InChI is InChI=1S/C30H35N3O2/c1-18-11-24(34)12-19(2)25(18)17-27(31)30(35)33-29-9-10-32-28-8-7-20(16-26(28)29)13-21-14-22-5-3-4-6-23(22)15-21/h3-8,11-12,16,21,27,29,32,34H,9-10,13-15,17,31H2,1-2H3,(H,33,35)/t27-,29+/m0/s1. The van der Waals surface area contributed by atoms with Gasteiger partial charge in [0.15, 0.2) is 0 Å². The normalized spacial score (nSPS) is 17.9. The lowest BCUT2D eigenvalue weighted by Gasteiger charge is -2.29. The number of phenols is 1. The molecule has 5 N–H and O–H groups in total. The van der Waals surface area contributed by atoms with E-state index in [-0.39, 0.29) is 17.7 Å². The van der Waals surface area contributed by atoms with Crippen LogP contribution < -0.4 is 16.4 Å². The van der Waals surface area contributed by atoms with Gasteiger partial charge in [-0.2, -0.15) is 0 Å². The summed E-state index contributed by atoms with van der Waals surface area (Å²) in [6, 6.07) is 18.2. The number of nitrogens with two attached hydrogens (primary N) is 1. The second kappa shape index (κ2) is 9.74. The molecule has 1 aliphatic heterocycles. The molecule has 0 bridgehead atoms. The van der Waals surface area contributed by atoms with Crippen molar-refractivity contribution in [1.29, 1.82) is 0 Å². The highest BCUT2D eigenvalue weighted by atomic mass is 16.3. The predicted octanol–water partition coefficient (Wildman–Crippen LogP) is 4.51. The van der Waals surface area contributed by atoms with Gasteiger partial charge in [-0.3, -0.25) is 4.79 Å². The van der Waals surface area contributed by atoms with Gasteiger partial charge in [-0.25, -0.2) is 0 Å². The molecule has 182 valence electrons. The first-order valence-corrected chi connectivity index (χ1v) is 12.7. The molecule has 0 unspecified atom stereocenters. The number of aromatic hydroxyl groups is 1. The number of anilines is 1. The van der Waals surface area contributed by atoms with Gasteiger partial charge in [-0.1, -0.05) is 36.4 Å². The second-order valence-corrected chi connectivity index (χ2v) is 10.3. The van der Waals surface area contributed by atoms with Gasteiger partial charge < -0.3 is 21.5 Å². The zero-order valence-electron chi connectivity index (χ0n) is 20.6. The molecular weight excluding hydrogens is 434 g/mol. The number of fused-ring (bicyclic) bond motifs is 2. The zero-order chi connectivity index (χ0) is 24.5. The number of hydrogen-bond acceptors (Lipinski definition) is 4. The molecule has 3 aromatic carbocycles. The smallest absolute Gasteiger partial charge is 0.237 e. The number of carbonyl (C=O) groups excluding carboxylic acids is 1. The maximum atomic E-state index is 13.1. The SMILES string of the molecule is Cc1cc(O)cc(C)c1C[C@H](N)C(=O)N[C@@H]1CCNc2ccc(CC3Cc4ccccc4C3)cc21. The average molecular weight is 470 g/mol. The predicted molar refractivity (Wildman–Crippen MR) is 141 cm³/mol. The van der Waals surface area contributed by atoms with Crippen LogP contribution in [0.15, 0.2) is 54.6 Å². The summed E-state index contributed by atoms with van der Waals surface area (Å²) in [5.74, 6) is 0.733. The van der Waals surface area contributed by atoms with Crippen LogP contribution in [0.1, 0.15) is 51.4 Å². The van der Waals surface area contributed by atoms with Crippen LogP contribution >= 0.6 is 0 Å². The molecule has 5 heteroatoms. The third-order valence-corrected chi connectivity index (χ3v) is 7.66. The number of amides is 1. The lowest BCUT2D eigenvalue weighted by Crippen LogP contribution is -2.44. The Morgan fingerprint density at radius 3 is 2.46 bits per heavy atom. The molecule has 0 saturated carbocycles. The molecule has 5 rings (SSSR count). The molecule has 2 aliphatic rings. The molecule has 0 radical (unpaired) electrons. The first kappa shape index (κ1) is 23.4. The van der Waals surface area contributed by atoms with Crippen LogP contribution in [0.5, 0.6) is 5.75 Å². The van der Waals surface area contributed by atoms with Crippen molar-refractivity contribution in [2.75, 3.05) is 11.9 Å². The van der Waals surface area contributed by atoms with Crippen LogP contribution in [-0.4, -0.2) is 23.6 Å². The number of phenolic OH excluding ortho intramolecular Hbond substituents is 1. The summed E-state index contributed by atoms with van der Waals surface area (Å²) in [7, 11) is 0. The van der Waals surface area contributed by atoms with Crippen LogP contribution in [0, 0.1) is 19.8 Å². The first-order valence-electron chi connectivity index (χ1n) is 12.7. The van der Waals surface area contributed by atoms with Gasteiger partial charge in [0, 0.05) is 12.2 Å². The largest absolute Gasteiger partial charge is 0.508 e. The van der Waals surface area contributed by atoms with E-state index in [1.54, 1.807) is 12.1 Å². The highest BCUT2D eigenvalue weighted by molar-refractivity contribution is 5.82. The van der Waals surface area contributed by atoms with E-state index in [0.29, 0.717) is 12.3 Å². The van der Waals surface area contributed by atoms with E-state index in [2.05, 4.69) is 53.1 Å². The highest BCUT2D eigenvalue weighted by Crippen LogP contribution is 2.34. The Hall–Kier alpha value is -3.31. The van der Waals surface area contributed by atoms with E-state index in [1.165, 1.54) is 16.7 Å². The van der Waals surface area contributed by atoms with Crippen LogP contribution in [-0.2, 0) is 30.5 Å². The minimum absolute atomic E-state index is 0.0486. The van der Waals surface area contributed by atoms with Crippen molar-refractivity contribution in [3.8, 4) is 5.75 Å². The van der Waals surface area contributed by atoms with E-state index >= 15 is 0 Å². The second-order valence-electron chi connectivity index (χ2n) is 10.3. The average Bonchev–Trinajstić information content (AvgIpc) is 3.24. The summed E-state index contributed by atoms with van der Waals surface area (Å²) in [6.45, 7) is 4.71. The fourth-order valence-corrected chi connectivity index (χ4v) is 5.86. The Bertz CT molecular complexity index is 1200. The van der Waals surface area contributed by atoms with E-state index in [0.717, 1.165) is 60.2 Å². The monoisotopic (exact) mass is 469 g/mol. The first-order chi connectivity index (χ1) is 16.9. The zero-order valence-corrected chi connectivity index (χ0v) is 20.6. The summed E-state index contributed by atoms with van der Waals surface area (Å²) < 4.78 is 0. The van der Waals surface area contributed by atoms with Crippen molar-refractivity contribution < 1.29 is 9.90 Å². The molecule has 0 aromatic heterocycles. The van der Waals surface area contributed by atoms with Crippen LogP contribution in [0.4, 0.5) is 5.69 Å². The lowest BCUT2D eigenvalue weighted by molar-refractivity contribution is -0.123. The Balaban J connectivity index is 1.27. The number of carbonyl (C=O) groups is 1. The molecule has 0 saturated heterocycles. The Morgan fingerprint density at radius 1 is 1.09 bits per heavy atom. The molecule has 1 heterocycles. The molecule has 0 spiro atoms. The summed E-state index contributed by atoms with van der Waals surface area (Å²) in [4.78, 5) is 13.1. The van der Waals surface area contributed by atoms with Crippen molar-refractivity contribution >= 4 is 11.6 Å². The van der Waals surface area contributed by atoms with Crippen molar-refractivity contribution in [1.82, 2.24) is 5.32 Å². The number of aryl methyl sites for hydroxylation is 2. The minimum atomic E-state index is -0.643. The number of nitrogens with one attached hydrogen (secondary N) is 2. The Kier molecular flexibility index (Phi) is 6.52. The Labute approximate surface area is 207 Å². The van der Waals surface area contributed by atoms with Gasteiger partial charge in [0.25, 0.3) is 0 Å². The third-order valence-electron chi connectivity index (χ3n) is 7.66. The summed E-state index contributed by atoms with van der Waals surface area (Å²) in [5, 5.41) is 16.5. The minimum Gasteiger partial charge on any atom is -0.508 e. The molecule has 3 aromatic rings. The van der Waals surface area contributed by atoms with Gasteiger partial charge in [0.05, 0.1) is 12.1 Å². The number of hydrogen-bond donors (Lipinski definition) is 4. The molecular formula is C30H35N3O2. The molecule has 35 heavy (non-hydrogen) atoms. The van der Waals surface area contributed by atoms with E-state index in [4.69, 9.17) is 5.73 Å². The van der Waals surface area contributed by atoms with Crippen LogP contribution in [0.2, 0.25) is 0 Å². The fourth-order valence-electron chi connectivity index (χ4n) is 5.86. The maximum Gasteiger partial charge on any atom is 0.237 e. The van der Waals surface area contributed by atoms with Crippen molar-refractivity contribution in [3.05, 3.63) is 93.5 Å². The topological polar surface area (TPSA) is 87.4 Å². The van der Waals surface area contributed by atoms with Gasteiger partial charge in [-0.05, 0) is 109 Å². The molecule has 5 nitrogen and oxygen atoms in total. The van der Waals surface area contributed by atoms with Gasteiger partial charge >= 0.3 is 0 Å². The van der Waals surface area contributed by atoms with E-state index < -0.39 is 6.04 Å². The molecule has 0 fully saturated rings. The summed E-state index contributed by atoms with van der Waals surface area (Å²) >= 11 is 0. The van der Waals surface area contributed by atoms with Crippen molar-refractivity contribution in [3.63, 3.8) is 0 Å².